The number of ether oxygens (including phenoxy) is 1. The van der Waals surface area contributed by atoms with Crippen LogP contribution in [0.5, 0.6) is 0 Å². The van der Waals surface area contributed by atoms with E-state index in [1.54, 1.807) is 30.3 Å². The molecule has 0 saturated heterocycles. The lowest BCUT2D eigenvalue weighted by molar-refractivity contribution is 0.0474. The van der Waals surface area contributed by atoms with Gasteiger partial charge in [0.25, 0.3) is 0 Å². The molecule has 0 aliphatic carbocycles. The zero-order valence-electron chi connectivity index (χ0n) is 10.8. The minimum Gasteiger partial charge on any atom is -0.457 e. The molecule has 0 fully saturated rings. The van der Waals surface area contributed by atoms with Gasteiger partial charge in [-0.05, 0) is 36.8 Å². The van der Waals surface area contributed by atoms with Crippen molar-refractivity contribution in [2.75, 3.05) is 5.73 Å². The first kappa shape index (κ1) is 14.7. The van der Waals surface area contributed by atoms with Crippen LogP contribution in [0.15, 0.2) is 36.4 Å². The Bertz CT molecular complexity index is 656. The van der Waals surface area contributed by atoms with Gasteiger partial charge in [-0.2, -0.15) is 0 Å². The summed E-state index contributed by atoms with van der Waals surface area (Å²) in [7, 11) is 0. The molecule has 0 heterocycles. The maximum Gasteiger partial charge on any atom is 0.340 e. The fourth-order valence-corrected chi connectivity index (χ4v) is 2.02. The van der Waals surface area contributed by atoms with Crippen molar-refractivity contribution in [2.24, 2.45) is 0 Å². The summed E-state index contributed by atoms with van der Waals surface area (Å²) in [6, 6.07) is 10.3. The van der Waals surface area contributed by atoms with Gasteiger partial charge in [-0.25, -0.2) is 4.79 Å². The SMILES string of the molecule is Cc1ccc(N)c(C(=O)OCc2ccc(Cl)c(Cl)c2)c1. The fourth-order valence-electron chi connectivity index (χ4n) is 1.70. The Balaban J connectivity index is 2.08. The third kappa shape index (κ3) is 3.44. The number of benzene rings is 2. The summed E-state index contributed by atoms with van der Waals surface area (Å²) in [6.45, 7) is 2.00. The highest BCUT2D eigenvalue weighted by Crippen LogP contribution is 2.23. The van der Waals surface area contributed by atoms with E-state index in [0.29, 0.717) is 21.3 Å². The van der Waals surface area contributed by atoms with Gasteiger partial charge in [0.15, 0.2) is 0 Å². The van der Waals surface area contributed by atoms with Crippen molar-refractivity contribution in [3.05, 3.63) is 63.1 Å². The topological polar surface area (TPSA) is 52.3 Å². The van der Waals surface area contributed by atoms with Crippen molar-refractivity contribution < 1.29 is 9.53 Å². The van der Waals surface area contributed by atoms with E-state index >= 15 is 0 Å². The number of hydrogen-bond acceptors (Lipinski definition) is 3. The molecule has 0 aliphatic heterocycles. The summed E-state index contributed by atoms with van der Waals surface area (Å²) in [5.74, 6) is -0.461. The molecule has 0 aliphatic rings. The molecule has 0 amide bonds. The summed E-state index contributed by atoms with van der Waals surface area (Å²) < 4.78 is 5.22. The van der Waals surface area contributed by atoms with Gasteiger partial charge < -0.3 is 10.5 Å². The molecule has 3 nitrogen and oxygen atoms in total. The predicted molar refractivity (Wildman–Crippen MR) is 81.2 cm³/mol. The van der Waals surface area contributed by atoms with Crippen molar-refractivity contribution in [1.29, 1.82) is 0 Å². The van der Waals surface area contributed by atoms with Gasteiger partial charge in [0.1, 0.15) is 6.61 Å². The molecule has 0 aromatic heterocycles. The average Bonchev–Trinajstić information content (AvgIpc) is 2.42. The molecule has 0 saturated carbocycles. The molecule has 2 aromatic carbocycles. The van der Waals surface area contributed by atoms with Crippen LogP contribution >= 0.6 is 23.2 Å². The van der Waals surface area contributed by atoms with Gasteiger partial charge >= 0.3 is 5.97 Å². The second-order valence-electron chi connectivity index (χ2n) is 4.42. The molecule has 0 unspecified atom stereocenters. The summed E-state index contributed by atoms with van der Waals surface area (Å²) >= 11 is 11.7. The predicted octanol–water partition coefficient (Wildman–Crippen LogP) is 4.24. The van der Waals surface area contributed by atoms with Crippen LogP contribution in [0.2, 0.25) is 10.0 Å². The number of halogens is 2. The number of esters is 1. The zero-order chi connectivity index (χ0) is 14.7. The maximum atomic E-state index is 12.0. The van der Waals surface area contributed by atoms with Crippen molar-refractivity contribution in [3.63, 3.8) is 0 Å². The Kier molecular flexibility index (Phi) is 4.53. The number of nitrogen functional groups attached to an aromatic ring is 1. The Hall–Kier alpha value is -1.71. The van der Waals surface area contributed by atoms with E-state index in [2.05, 4.69) is 0 Å². The first-order valence-corrected chi connectivity index (χ1v) is 6.70. The number of carbonyl (C=O) groups is 1. The second kappa shape index (κ2) is 6.16. The number of carbonyl (C=O) groups excluding carboxylic acids is 1. The molecule has 2 aromatic rings. The molecular formula is C15H13Cl2NO2. The highest BCUT2D eigenvalue weighted by atomic mass is 35.5. The quantitative estimate of drug-likeness (QED) is 0.681. The molecule has 0 atom stereocenters. The van der Waals surface area contributed by atoms with Gasteiger partial charge in [-0.15, -0.1) is 0 Å². The van der Waals surface area contributed by atoms with Crippen LogP contribution in [0.3, 0.4) is 0 Å². The highest BCUT2D eigenvalue weighted by Gasteiger charge is 2.12. The average molecular weight is 310 g/mol. The Morgan fingerprint density at radius 1 is 1.15 bits per heavy atom. The minimum atomic E-state index is -0.461. The molecule has 20 heavy (non-hydrogen) atoms. The third-order valence-electron chi connectivity index (χ3n) is 2.78. The van der Waals surface area contributed by atoms with Crippen LogP contribution < -0.4 is 5.73 Å². The minimum absolute atomic E-state index is 0.114. The van der Waals surface area contributed by atoms with Crippen LogP contribution in [0, 0.1) is 6.92 Å². The molecular weight excluding hydrogens is 297 g/mol. The first-order chi connectivity index (χ1) is 9.47. The molecule has 0 radical (unpaired) electrons. The fraction of sp³-hybridized carbons (Fsp3) is 0.133. The largest absolute Gasteiger partial charge is 0.457 e. The Morgan fingerprint density at radius 3 is 2.60 bits per heavy atom. The monoisotopic (exact) mass is 309 g/mol. The second-order valence-corrected chi connectivity index (χ2v) is 5.23. The number of rotatable bonds is 3. The Morgan fingerprint density at radius 2 is 1.90 bits per heavy atom. The molecule has 0 spiro atoms. The zero-order valence-corrected chi connectivity index (χ0v) is 12.3. The molecule has 104 valence electrons. The van der Waals surface area contributed by atoms with Crippen molar-refractivity contribution in [2.45, 2.75) is 13.5 Å². The van der Waals surface area contributed by atoms with Crippen molar-refractivity contribution >= 4 is 34.9 Å². The lowest BCUT2D eigenvalue weighted by Crippen LogP contribution is -2.08. The smallest absolute Gasteiger partial charge is 0.340 e. The van der Waals surface area contributed by atoms with Gasteiger partial charge in [-0.1, -0.05) is 40.9 Å². The first-order valence-electron chi connectivity index (χ1n) is 5.94. The van der Waals surface area contributed by atoms with Crippen LogP contribution in [0.4, 0.5) is 5.69 Å². The summed E-state index contributed by atoms with van der Waals surface area (Å²) in [4.78, 5) is 12.0. The number of anilines is 1. The van der Waals surface area contributed by atoms with Gasteiger partial charge in [0.2, 0.25) is 0 Å². The third-order valence-corrected chi connectivity index (χ3v) is 3.52. The van der Waals surface area contributed by atoms with Crippen LogP contribution in [-0.2, 0) is 11.3 Å². The van der Waals surface area contributed by atoms with E-state index in [-0.39, 0.29) is 6.61 Å². The summed E-state index contributed by atoms with van der Waals surface area (Å²) in [5, 5.41) is 0.889. The van der Waals surface area contributed by atoms with Gasteiger partial charge in [0, 0.05) is 5.69 Å². The summed E-state index contributed by atoms with van der Waals surface area (Å²) in [6.07, 6.45) is 0. The van der Waals surface area contributed by atoms with E-state index in [1.807, 2.05) is 13.0 Å². The lowest BCUT2D eigenvalue weighted by atomic mass is 10.1. The molecule has 0 bridgehead atoms. The van der Waals surface area contributed by atoms with Crippen molar-refractivity contribution in [3.8, 4) is 0 Å². The van der Waals surface area contributed by atoms with Crippen LogP contribution in [0.1, 0.15) is 21.5 Å². The van der Waals surface area contributed by atoms with E-state index in [9.17, 15) is 4.79 Å². The number of aryl methyl sites for hydroxylation is 1. The van der Waals surface area contributed by atoms with Crippen LogP contribution in [-0.4, -0.2) is 5.97 Å². The number of hydrogen-bond donors (Lipinski definition) is 1. The van der Waals surface area contributed by atoms with Gasteiger partial charge in [0.05, 0.1) is 15.6 Å². The number of nitrogens with two attached hydrogens (primary N) is 1. The van der Waals surface area contributed by atoms with Gasteiger partial charge in [-0.3, -0.25) is 0 Å². The molecule has 5 heteroatoms. The maximum absolute atomic E-state index is 12.0. The normalized spacial score (nSPS) is 10.3. The molecule has 2 N–H and O–H groups in total. The Labute approximate surface area is 127 Å². The lowest BCUT2D eigenvalue weighted by Gasteiger charge is -2.08. The standard InChI is InChI=1S/C15H13Cl2NO2/c1-9-2-5-14(18)11(6-9)15(19)20-8-10-3-4-12(16)13(17)7-10/h2-7H,8,18H2,1H3. The van der Waals surface area contributed by atoms with Crippen molar-refractivity contribution in [1.82, 2.24) is 0 Å². The van der Waals surface area contributed by atoms with E-state index in [4.69, 9.17) is 33.7 Å². The summed E-state index contributed by atoms with van der Waals surface area (Å²) in [5.41, 5.74) is 8.24. The molecule has 2 rings (SSSR count). The van der Waals surface area contributed by atoms with E-state index in [1.165, 1.54) is 0 Å². The van der Waals surface area contributed by atoms with Crippen LogP contribution in [0.25, 0.3) is 0 Å². The van der Waals surface area contributed by atoms with E-state index < -0.39 is 5.97 Å². The van der Waals surface area contributed by atoms with E-state index in [0.717, 1.165) is 11.1 Å². The highest BCUT2D eigenvalue weighted by molar-refractivity contribution is 6.42.